The van der Waals surface area contributed by atoms with Gasteiger partial charge >= 0.3 is 0 Å². The van der Waals surface area contributed by atoms with Crippen LogP contribution in [-0.4, -0.2) is 11.9 Å². The average molecular weight is 250 g/mol. The monoisotopic (exact) mass is 250 g/mol. The van der Waals surface area contributed by atoms with Crippen LogP contribution >= 0.6 is 0 Å². The maximum Gasteiger partial charge on any atom is 0.102 e. The lowest BCUT2D eigenvalue weighted by Gasteiger charge is -2.14. The summed E-state index contributed by atoms with van der Waals surface area (Å²) in [7, 11) is 0. The van der Waals surface area contributed by atoms with Crippen LogP contribution in [0.25, 0.3) is 0 Å². The molecule has 0 fully saturated rings. The van der Waals surface area contributed by atoms with E-state index in [1.807, 2.05) is 18.2 Å². The van der Waals surface area contributed by atoms with E-state index in [1.165, 1.54) is 5.56 Å². The molecule has 1 aliphatic rings. The predicted molar refractivity (Wildman–Crippen MR) is 80.8 cm³/mol. The van der Waals surface area contributed by atoms with Gasteiger partial charge in [0.2, 0.25) is 0 Å². The van der Waals surface area contributed by atoms with E-state index >= 15 is 0 Å². The Morgan fingerprint density at radius 1 is 0.947 bits per heavy atom. The van der Waals surface area contributed by atoms with Gasteiger partial charge in [0.1, 0.15) is 5.84 Å². The third-order valence-corrected chi connectivity index (χ3v) is 3.65. The minimum absolute atomic E-state index is 0.341. The Balaban J connectivity index is 1.72. The van der Waals surface area contributed by atoms with Crippen LogP contribution in [0.2, 0.25) is 0 Å². The normalized spacial score (nSPS) is 22.1. The lowest BCUT2D eigenvalue weighted by molar-refractivity contribution is 0.629. The zero-order chi connectivity index (χ0) is 13.1. The van der Waals surface area contributed by atoms with Gasteiger partial charge in [-0.2, -0.15) is 0 Å². The first-order valence-corrected chi connectivity index (χ1v) is 6.76. The van der Waals surface area contributed by atoms with E-state index in [4.69, 9.17) is 4.99 Å². The molecule has 2 atom stereocenters. The van der Waals surface area contributed by atoms with E-state index in [1.54, 1.807) is 0 Å². The van der Waals surface area contributed by atoms with Gasteiger partial charge in [-0.15, -0.1) is 0 Å². The first-order valence-electron chi connectivity index (χ1n) is 6.76. The summed E-state index contributed by atoms with van der Waals surface area (Å²) in [6.07, 6.45) is 0.986. The van der Waals surface area contributed by atoms with Crippen LogP contribution in [0, 0.1) is 0 Å². The van der Waals surface area contributed by atoms with Gasteiger partial charge in [-0.3, -0.25) is 4.99 Å². The van der Waals surface area contributed by atoms with Crippen molar-refractivity contribution in [1.29, 1.82) is 0 Å². The molecule has 2 aromatic carbocycles. The molecule has 1 aliphatic heterocycles. The quantitative estimate of drug-likeness (QED) is 0.853. The topological polar surface area (TPSA) is 24.4 Å². The number of benzene rings is 2. The second kappa shape index (κ2) is 5.27. The van der Waals surface area contributed by atoms with Gasteiger partial charge in [-0.25, -0.2) is 0 Å². The number of para-hydroxylation sites is 1. The van der Waals surface area contributed by atoms with E-state index in [9.17, 15) is 0 Å². The van der Waals surface area contributed by atoms with Crippen molar-refractivity contribution in [1.82, 2.24) is 0 Å². The van der Waals surface area contributed by atoms with Gasteiger partial charge < -0.3 is 5.32 Å². The number of anilines is 1. The maximum absolute atomic E-state index is 4.75. The molecule has 2 nitrogen and oxygen atoms in total. The zero-order valence-electron chi connectivity index (χ0n) is 11.1. The van der Waals surface area contributed by atoms with Crippen LogP contribution in [0.1, 0.15) is 24.8 Å². The SMILES string of the molecule is CC1N=C(Nc2ccccc2)CC1c1ccccc1. The van der Waals surface area contributed by atoms with Crippen LogP contribution in [0.3, 0.4) is 0 Å². The number of hydrogen-bond donors (Lipinski definition) is 1. The molecule has 0 saturated carbocycles. The molecule has 0 radical (unpaired) electrons. The molecular formula is C17H18N2. The lowest BCUT2D eigenvalue weighted by atomic mass is 9.92. The van der Waals surface area contributed by atoms with Crippen LogP contribution in [-0.2, 0) is 0 Å². The maximum atomic E-state index is 4.75. The van der Waals surface area contributed by atoms with E-state index in [2.05, 4.69) is 54.7 Å². The van der Waals surface area contributed by atoms with Gasteiger partial charge in [0.25, 0.3) is 0 Å². The largest absolute Gasteiger partial charge is 0.344 e. The molecule has 2 aromatic rings. The van der Waals surface area contributed by atoms with Crippen molar-refractivity contribution < 1.29 is 0 Å². The number of nitrogens with one attached hydrogen (secondary N) is 1. The molecule has 96 valence electrons. The van der Waals surface area contributed by atoms with Crippen LogP contribution in [0.5, 0.6) is 0 Å². The highest BCUT2D eigenvalue weighted by Gasteiger charge is 2.27. The number of nitrogens with zero attached hydrogens (tertiary/aromatic N) is 1. The number of hydrogen-bond acceptors (Lipinski definition) is 2. The fourth-order valence-corrected chi connectivity index (χ4v) is 2.64. The summed E-state index contributed by atoms with van der Waals surface area (Å²) < 4.78 is 0. The summed E-state index contributed by atoms with van der Waals surface area (Å²) in [5.41, 5.74) is 2.49. The minimum atomic E-state index is 0.341. The second-order valence-electron chi connectivity index (χ2n) is 5.03. The van der Waals surface area contributed by atoms with Gasteiger partial charge in [-0.1, -0.05) is 48.5 Å². The Kier molecular flexibility index (Phi) is 3.32. The molecule has 0 spiro atoms. The van der Waals surface area contributed by atoms with Gasteiger partial charge in [0.15, 0.2) is 0 Å². The predicted octanol–water partition coefficient (Wildman–Crippen LogP) is 4.07. The smallest absolute Gasteiger partial charge is 0.102 e. The lowest BCUT2D eigenvalue weighted by Crippen LogP contribution is -2.11. The molecule has 0 aliphatic carbocycles. The third-order valence-electron chi connectivity index (χ3n) is 3.65. The minimum Gasteiger partial charge on any atom is -0.344 e. The van der Waals surface area contributed by atoms with Gasteiger partial charge in [-0.05, 0) is 24.6 Å². The summed E-state index contributed by atoms with van der Waals surface area (Å²) in [6, 6.07) is 21.2. The Morgan fingerprint density at radius 3 is 2.26 bits per heavy atom. The van der Waals surface area contributed by atoms with E-state index in [0.29, 0.717) is 12.0 Å². The summed E-state index contributed by atoms with van der Waals surface area (Å²) in [4.78, 5) is 4.75. The van der Waals surface area contributed by atoms with E-state index in [0.717, 1.165) is 17.9 Å². The van der Waals surface area contributed by atoms with Crippen molar-refractivity contribution >= 4 is 11.5 Å². The molecule has 2 heteroatoms. The summed E-state index contributed by atoms with van der Waals surface area (Å²) in [5.74, 6) is 1.58. The highest BCUT2D eigenvalue weighted by atomic mass is 15.0. The highest BCUT2D eigenvalue weighted by Crippen LogP contribution is 2.31. The molecule has 0 aromatic heterocycles. The van der Waals surface area contributed by atoms with Gasteiger partial charge in [0.05, 0.1) is 6.04 Å². The summed E-state index contributed by atoms with van der Waals surface area (Å²) >= 11 is 0. The summed E-state index contributed by atoms with van der Waals surface area (Å²) in [6.45, 7) is 2.19. The molecule has 0 saturated heterocycles. The second-order valence-corrected chi connectivity index (χ2v) is 5.03. The van der Waals surface area contributed by atoms with E-state index in [-0.39, 0.29) is 0 Å². The Bertz CT molecular complexity index is 560. The Labute approximate surface area is 114 Å². The third kappa shape index (κ3) is 2.68. The van der Waals surface area contributed by atoms with Crippen molar-refractivity contribution in [3.63, 3.8) is 0 Å². The number of amidine groups is 1. The Hall–Kier alpha value is -2.09. The molecule has 2 unspecified atom stereocenters. The molecule has 0 amide bonds. The highest BCUT2D eigenvalue weighted by molar-refractivity contribution is 5.97. The standard InChI is InChI=1S/C17H18N2/c1-13-16(14-8-4-2-5-9-14)12-17(18-13)19-15-10-6-3-7-11-15/h2-11,13,16H,12H2,1H3,(H,18,19). The van der Waals surface area contributed by atoms with Crippen LogP contribution < -0.4 is 5.32 Å². The summed E-state index contributed by atoms with van der Waals surface area (Å²) in [5, 5.41) is 3.42. The molecule has 1 N–H and O–H groups in total. The van der Waals surface area contributed by atoms with Crippen molar-refractivity contribution in [2.24, 2.45) is 4.99 Å². The number of rotatable bonds is 2. The van der Waals surface area contributed by atoms with Crippen LogP contribution in [0.4, 0.5) is 5.69 Å². The average Bonchev–Trinajstić information content (AvgIpc) is 2.82. The Morgan fingerprint density at radius 2 is 1.58 bits per heavy atom. The molecule has 1 heterocycles. The van der Waals surface area contributed by atoms with Gasteiger partial charge in [0, 0.05) is 18.0 Å². The van der Waals surface area contributed by atoms with Crippen LogP contribution in [0.15, 0.2) is 65.7 Å². The molecule has 3 rings (SSSR count). The fraction of sp³-hybridized carbons (Fsp3) is 0.235. The first-order chi connectivity index (χ1) is 9.33. The van der Waals surface area contributed by atoms with Crippen molar-refractivity contribution in [3.8, 4) is 0 Å². The molecule has 0 bridgehead atoms. The van der Waals surface area contributed by atoms with Crippen molar-refractivity contribution in [2.45, 2.75) is 25.3 Å². The van der Waals surface area contributed by atoms with E-state index < -0.39 is 0 Å². The fourth-order valence-electron chi connectivity index (χ4n) is 2.64. The first kappa shape index (κ1) is 12.0. The van der Waals surface area contributed by atoms with Crippen molar-refractivity contribution in [3.05, 3.63) is 66.2 Å². The molecule has 19 heavy (non-hydrogen) atoms. The van der Waals surface area contributed by atoms with Crippen molar-refractivity contribution in [2.75, 3.05) is 5.32 Å². The number of aliphatic imine (C=N–C) groups is 1. The molecular weight excluding hydrogens is 232 g/mol. The zero-order valence-corrected chi connectivity index (χ0v) is 11.1.